The van der Waals surface area contributed by atoms with Crippen LogP contribution in [0.25, 0.3) is 11.0 Å². The summed E-state index contributed by atoms with van der Waals surface area (Å²) < 4.78 is 15.9. The van der Waals surface area contributed by atoms with Gasteiger partial charge in [-0.1, -0.05) is 6.92 Å². The van der Waals surface area contributed by atoms with E-state index in [1.807, 2.05) is 17.7 Å². The van der Waals surface area contributed by atoms with Crippen LogP contribution in [0.15, 0.2) is 53.8 Å². The van der Waals surface area contributed by atoms with Gasteiger partial charge in [-0.05, 0) is 53.3 Å². The molecule has 9 heteroatoms. The molecule has 4 N–H and O–H groups in total. The molecule has 3 aromatic rings. The van der Waals surface area contributed by atoms with Crippen LogP contribution in [-0.2, 0) is 0 Å². The Balaban J connectivity index is 1.98. The first-order valence-corrected chi connectivity index (χ1v) is 8.99. The average Bonchev–Trinajstić information content (AvgIpc) is 2.98. The van der Waals surface area contributed by atoms with Crippen LogP contribution >= 0.6 is 22.6 Å². The highest BCUT2D eigenvalue weighted by atomic mass is 127. The largest absolute Gasteiger partial charge is 0.383 e. The molecule has 0 aliphatic rings. The maximum Gasteiger partial charge on any atom is 0.147 e. The molecule has 0 aliphatic heterocycles. The molecule has 1 atom stereocenters. The molecule has 1 aromatic carbocycles. The minimum atomic E-state index is -0.304. The number of hydrogen-bond acceptors (Lipinski definition) is 6. The second kappa shape index (κ2) is 7.77. The Bertz CT molecular complexity index is 965. The third-order valence-electron chi connectivity index (χ3n) is 4.02. The Kier molecular flexibility index (Phi) is 5.45. The van der Waals surface area contributed by atoms with E-state index in [1.165, 1.54) is 18.5 Å². The van der Waals surface area contributed by atoms with Gasteiger partial charge in [-0.3, -0.25) is 0 Å². The van der Waals surface area contributed by atoms with Crippen LogP contribution in [0.1, 0.15) is 19.4 Å². The fraction of sp³-hybridized carbons (Fsp3) is 0.176. The van der Waals surface area contributed by atoms with Crippen LogP contribution in [-0.4, -0.2) is 14.5 Å². The third kappa shape index (κ3) is 3.52. The van der Waals surface area contributed by atoms with Crippen molar-refractivity contribution in [3.8, 4) is 0 Å². The molecule has 0 aliphatic carbocycles. The smallest absolute Gasteiger partial charge is 0.147 e. The van der Waals surface area contributed by atoms with Gasteiger partial charge < -0.3 is 15.6 Å². The number of nitrogen functional groups attached to an aromatic ring is 1. The number of halogens is 2. The minimum Gasteiger partial charge on any atom is -0.383 e. The molecule has 0 fully saturated rings. The van der Waals surface area contributed by atoms with Gasteiger partial charge in [0.05, 0.1) is 11.4 Å². The van der Waals surface area contributed by atoms with E-state index >= 15 is 0 Å². The van der Waals surface area contributed by atoms with Crippen molar-refractivity contribution < 1.29 is 4.39 Å². The summed E-state index contributed by atoms with van der Waals surface area (Å²) in [6, 6.07) is 5.77. The van der Waals surface area contributed by atoms with Gasteiger partial charge in [-0.15, -0.1) is 0 Å². The molecule has 26 heavy (non-hydrogen) atoms. The van der Waals surface area contributed by atoms with Gasteiger partial charge in [0, 0.05) is 21.7 Å². The third-order valence-corrected chi connectivity index (χ3v) is 4.83. The molecule has 0 spiro atoms. The van der Waals surface area contributed by atoms with Crippen molar-refractivity contribution in [2.75, 3.05) is 11.1 Å². The van der Waals surface area contributed by atoms with Gasteiger partial charge in [0.2, 0.25) is 0 Å². The van der Waals surface area contributed by atoms with E-state index in [9.17, 15) is 4.39 Å². The summed E-state index contributed by atoms with van der Waals surface area (Å²) in [4.78, 5) is 8.40. The van der Waals surface area contributed by atoms with Crippen molar-refractivity contribution in [1.29, 1.82) is 5.53 Å². The van der Waals surface area contributed by atoms with E-state index in [0.29, 0.717) is 29.3 Å². The summed E-state index contributed by atoms with van der Waals surface area (Å²) in [6.45, 7) is 2.00. The Morgan fingerprint density at radius 3 is 2.81 bits per heavy atom. The van der Waals surface area contributed by atoms with Crippen LogP contribution in [0, 0.1) is 14.9 Å². The first-order valence-electron chi connectivity index (χ1n) is 7.91. The first kappa shape index (κ1) is 18.2. The SMILES string of the molecule is CCC(/C(=C/Nc1ccc(F)cc1)N=N)n1cc(I)c2c(N)ncnc21. The van der Waals surface area contributed by atoms with E-state index in [1.54, 1.807) is 18.3 Å². The normalized spacial score (nSPS) is 13.0. The van der Waals surface area contributed by atoms with Gasteiger partial charge in [-0.25, -0.2) is 19.9 Å². The van der Waals surface area contributed by atoms with Crippen molar-refractivity contribution in [1.82, 2.24) is 14.5 Å². The number of nitrogens with one attached hydrogen (secondary N) is 2. The van der Waals surface area contributed by atoms with Crippen molar-refractivity contribution in [2.45, 2.75) is 19.4 Å². The number of fused-ring (bicyclic) bond motifs is 1. The molecule has 134 valence electrons. The molecule has 3 rings (SSSR count). The minimum absolute atomic E-state index is 0.208. The molecule has 2 heterocycles. The lowest BCUT2D eigenvalue weighted by Crippen LogP contribution is -2.11. The number of rotatable bonds is 6. The van der Waals surface area contributed by atoms with E-state index in [0.717, 1.165) is 8.96 Å². The van der Waals surface area contributed by atoms with Crippen LogP contribution < -0.4 is 11.1 Å². The molecule has 7 nitrogen and oxygen atoms in total. The number of hydrogen-bond donors (Lipinski definition) is 3. The fourth-order valence-electron chi connectivity index (χ4n) is 2.75. The molecule has 2 aromatic heterocycles. The van der Waals surface area contributed by atoms with Crippen molar-refractivity contribution in [3.05, 3.63) is 58.1 Å². The Morgan fingerprint density at radius 2 is 2.15 bits per heavy atom. The zero-order valence-electron chi connectivity index (χ0n) is 13.9. The summed E-state index contributed by atoms with van der Waals surface area (Å²) in [5, 5.41) is 7.54. The zero-order chi connectivity index (χ0) is 18.7. The number of nitrogens with zero attached hydrogens (tertiary/aromatic N) is 4. The standard InChI is InChI=1S/C17H17FIN7/c1-2-14(13(25-21)7-22-11-5-3-10(18)4-6-11)26-8-12(19)15-16(20)23-9-24-17(15)26/h3-9,14,21-22H,2H2,1H3,(H2,20,23,24)/b13-7-,25-21?. The molecule has 0 bridgehead atoms. The predicted molar refractivity (Wildman–Crippen MR) is 107 cm³/mol. The van der Waals surface area contributed by atoms with Gasteiger partial charge in [0.15, 0.2) is 0 Å². The number of allylic oxidation sites excluding steroid dienone is 1. The van der Waals surface area contributed by atoms with Crippen molar-refractivity contribution >= 4 is 45.1 Å². The monoisotopic (exact) mass is 465 g/mol. The molecule has 0 saturated carbocycles. The summed E-state index contributed by atoms with van der Waals surface area (Å²) in [7, 11) is 0. The second-order valence-corrected chi connectivity index (χ2v) is 6.76. The topological polar surface area (TPSA) is 105 Å². The number of anilines is 2. The maximum absolute atomic E-state index is 13.0. The average molecular weight is 465 g/mol. The summed E-state index contributed by atoms with van der Waals surface area (Å²) in [6.07, 6.45) is 5.71. The quantitative estimate of drug-likeness (QED) is 0.363. The van der Waals surface area contributed by atoms with Crippen LogP contribution in [0.5, 0.6) is 0 Å². The van der Waals surface area contributed by atoms with E-state index < -0.39 is 0 Å². The van der Waals surface area contributed by atoms with Crippen LogP contribution in [0.3, 0.4) is 0 Å². The molecule has 0 amide bonds. The molecule has 0 radical (unpaired) electrons. The molecule has 0 saturated heterocycles. The van der Waals surface area contributed by atoms with E-state index in [4.69, 9.17) is 11.3 Å². The summed E-state index contributed by atoms with van der Waals surface area (Å²) in [5.41, 5.74) is 15.5. The summed E-state index contributed by atoms with van der Waals surface area (Å²) >= 11 is 2.19. The van der Waals surface area contributed by atoms with Gasteiger partial charge in [-0.2, -0.15) is 5.11 Å². The highest BCUT2D eigenvalue weighted by molar-refractivity contribution is 14.1. The van der Waals surface area contributed by atoms with Crippen molar-refractivity contribution in [2.24, 2.45) is 5.11 Å². The molecular weight excluding hydrogens is 448 g/mol. The van der Waals surface area contributed by atoms with Crippen LogP contribution in [0.4, 0.5) is 15.9 Å². The van der Waals surface area contributed by atoms with E-state index in [-0.39, 0.29) is 11.9 Å². The lowest BCUT2D eigenvalue weighted by Gasteiger charge is -2.18. The molecule has 1 unspecified atom stereocenters. The van der Waals surface area contributed by atoms with Gasteiger partial charge in [0.25, 0.3) is 0 Å². The van der Waals surface area contributed by atoms with E-state index in [2.05, 4.69) is 43.0 Å². The molecular formula is C17H17FIN7. The Morgan fingerprint density at radius 1 is 1.42 bits per heavy atom. The lowest BCUT2D eigenvalue weighted by molar-refractivity contribution is 0.555. The lowest BCUT2D eigenvalue weighted by atomic mass is 10.1. The fourth-order valence-corrected chi connectivity index (χ4v) is 3.57. The van der Waals surface area contributed by atoms with Crippen molar-refractivity contribution in [3.63, 3.8) is 0 Å². The highest BCUT2D eigenvalue weighted by Gasteiger charge is 2.20. The van der Waals surface area contributed by atoms with Crippen LogP contribution in [0.2, 0.25) is 0 Å². The highest BCUT2D eigenvalue weighted by Crippen LogP contribution is 2.32. The predicted octanol–water partition coefficient (Wildman–Crippen LogP) is 4.69. The Labute approximate surface area is 163 Å². The van der Waals surface area contributed by atoms with Gasteiger partial charge in [0.1, 0.15) is 29.3 Å². The summed E-state index contributed by atoms with van der Waals surface area (Å²) in [5.74, 6) is 0.118. The number of benzene rings is 1. The first-order chi connectivity index (χ1) is 12.5. The second-order valence-electron chi connectivity index (χ2n) is 5.60. The maximum atomic E-state index is 13.0. The number of nitrogens with two attached hydrogens (primary N) is 1. The van der Waals surface area contributed by atoms with Gasteiger partial charge >= 0.3 is 0 Å². The Hall–Kier alpha value is -2.56. The number of aromatic nitrogens is 3. The zero-order valence-corrected chi connectivity index (χ0v) is 16.1.